The van der Waals surface area contributed by atoms with Gasteiger partial charge < -0.3 is 0 Å². The molecule has 0 aromatic carbocycles. The van der Waals surface area contributed by atoms with Crippen molar-refractivity contribution in [2.75, 3.05) is 0 Å². The van der Waals surface area contributed by atoms with Crippen LogP contribution in [0.3, 0.4) is 0 Å². The number of hydrogen-bond acceptors (Lipinski definition) is 5. The molecule has 0 spiro atoms. The van der Waals surface area contributed by atoms with Crippen LogP contribution in [0.2, 0.25) is 0 Å². The Balaban J connectivity index is 3.15. The second-order valence-corrected chi connectivity index (χ2v) is 4.26. The van der Waals surface area contributed by atoms with E-state index < -0.39 is 0 Å². The van der Waals surface area contributed by atoms with E-state index in [9.17, 15) is 4.79 Å². The fourth-order valence-electron chi connectivity index (χ4n) is 0.717. The van der Waals surface area contributed by atoms with Crippen molar-refractivity contribution in [3.8, 4) is 0 Å². The van der Waals surface area contributed by atoms with E-state index in [0.29, 0.717) is 8.92 Å². The lowest BCUT2D eigenvalue weighted by Gasteiger charge is -1.85. The van der Waals surface area contributed by atoms with Gasteiger partial charge >= 0.3 is 4.87 Å². The molecule has 0 unspecified atom stereocenters. The van der Waals surface area contributed by atoms with Gasteiger partial charge in [-0.25, -0.2) is 4.40 Å². The Labute approximate surface area is 74.6 Å². The molecule has 0 saturated carbocycles. The van der Waals surface area contributed by atoms with Crippen molar-refractivity contribution in [2.45, 2.75) is 0 Å². The summed E-state index contributed by atoms with van der Waals surface area (Å²) >= 11 is 7.19. The highest BCUT2D eigenvalue weighted by Gasteiger charge is 1.97. The maximum atomic E-state index is 11.1. The molecule has 2 rings (SSSR count). The molecule has 0 aliphatic carbocycles. The zero-order chi connectivity index (χ0) is 7.84. The molecule has 0 aliphatic heterocycles. The zero-order valence-corrected chi connectivity index (χ0v) is 7.63. The van der Waals surface area contributed by atoms with Gasteiger partial charge in [0.1, 0.15) is 0 Å². The van der Waals surface area contributed by atoms with E-state index in [1.54, 1.807) is 6.20 Å². The Hall–Kier alpha value is -0.590. The summed E-state index contributed by atoms with van der Waals surface area (Å²) in [4.78, 5) is 15.8. The summed E-state index contributed by atoms with van der Waals surface area (Å²) in [5, 5.41) is 1.81. The Morgan fingerprint density at radius 2 is 2.45 bits per heavy atom. The maximum absolute atomic E-state index is 11.1. The molecule has 56 valence electrons. The van der Waals surface area contributed by atoms with Crippen molar-refractivity contribution in [2.24, 2.45) is 0 Å². The van der Waals surface area contributed by atoms with E-state index >= 15 is 0 Å². The van der Waals surface area contributed by atoms with Gasteiger partial charge in [0.25, 0.3) is 0 Å². The molecule has 2 heterocycles. The summed E-state index contributed by atoms with van der Waals surface area (Å²) in [6, 6.07) is 0. The van der Waals surface area contributed by atoms with E-state index in [0.717, 1.165) is 11.3 Å². The fraction of sp³-hybridized carbons (Fsp3) is 0. The molecule has 0 amide bonds. The van der Waals surface area contributed by atoms with Crippen molar-refractivity contribution < 1.29 is 0 Å². The molecular formula is C5H2N2OS3. The fourth-order valence-corrected chi connectivity index (χ4v) is 2.42. The molecular weight excluding hydrogens is 200 g/mol. The molecule has 0 N–H and O–H groups in total. The standard InChI is InChI=1S/C5H2N2OS3/c8-5-7-1-2-10-3(7)6-4(9)11-5/h1-2H. The van der Waals surface area contributed by atoms with Gasteiger partial charge in [-0.3, -0.25) is 4.79 Å². The molecule has 3 nitrogen and oxygen atoms in total. The quantitative estimate of drug-likeness (QED) is 0.608. The number of hydrogen-bond donors (Lipinski definition) is 0. The van der Waals surface area contributed by atoms with Crippen LogP contribution in [-0.2, 0) is 0 Å². The predicted octanol–water partition coefficient (Wildman–Crippen LogP) is 1.55. The first-order valence-electron chi connectivity index (χ1n) is 2.74. The van der Waals surface area contributed by atoms with Gasteiger partial charge in [0.15, 0.2) is 8.92 Å². The van der Waals surface area contributed by atoms with Crippen LogP contribution in [0.1, 0.15) is 0 Å². The highest BCUT2D eigenvalue weighted by atomic mass is 32.1. The third kappa shape index (κ3) is 1.13. The predicted molar refractivity (Wildman–Crippen MR) is 48.1 cm³/mol. The van der Waals surface area contributed by atoms with Gasteiger partial charge in [-0.15, -0.1) is 11.3 Å². The maximum Gasteiger partial charge on any atom is 0.316 e. The molecule has 0 saturated heterocycles. The Morgan fingerprint density at radius 1 is 1.64 bits per heavy atom. The highest BCUT2D eigenvalue weighted by Crippen LogP contribution is 2.05. The second kappa shape index (κ2) is 2.47. The van der Waals surface area contributed by atoms with Crippen LogP contribution in [0.25, 0.3) is 4.96 Å². The Kier molecular flexibility index (Phi) is 1.59. The van der Waals surface area contributed by atoms with Crippen LogP contribution in [-0.4, -0.2) is 9.38 Å². The topological polar surface area (TPSA) is 34.4 Å². The minimum atomic E-state index is -0.0683. The van der Waals surface area contributed by atoms with Gasteiger partial charge in [-0.1, -0.05) is 0 Å². The Bertz CT molecular complexity index is 494. The largest absolute Gasteiger partial charge is 0.316 e. The van der Waals surface area contributed by atoms with Gasteiger partial charge in [-0.05, 0) is 23.6 Å². The Morgan fingerprint density at radius 3 is 3.27 bits per heavy atom. The van der Waals surface area contributed by atoms with Crippen LogP contribution in [0, 0.1) is 3.95 Å². The SMILES string of the molecule is O=c1sc(=S)nc2sccn12. The summed E-state index contributed by atoms with van der Waals surface area (Å²) < 4.78 is 1.89. The number of rotatable bonds is 0. The van der Waals surface area contributed by atoms with Gasteiger partial charge in [0.2, 0.25) is 0 Å². The first-order valence-corrected chi connectivity index (χ1v) is 4.85. The van der Waals surface area contributed by atoms with Crippen molar-refractivity contribution >= 4 is 39.9 Å². The average molecular weight is 202 g/mol. The molecule has 0 bridgehead atoms. The van der Waals surface area contributed by atoms with Gasteiger partial charge in [0, 0.05) is 11.6 Å². The number of nitrogens with zero attached hydrogens (tertiary/aromatic N) is 2. The summed E-state index contributed by atoms with van der Waals surface area (Å²) in [6.07, 6.45) is 1.70. The van der Waals surface area contributed by atoms with E-state index in [1.807, 2.05) is 5.38 Å². The van der Waals surface area contributed by atoms with Crippen LogP contribution >= 0.6 is 34.9 Å². The van der Waals surface area contributed by atoms with Crippen molar-refractivity contribution in [1.29, 1.82) is 0 Å². The summed E-state index contributed by atoms with van der Waals surface area (Å²) in [5.41, 5.74) is 0. The summed E-state index contributed by atoms with van der Waals surface area (Å²) in [7, 11) is 0. The third-order valence-corrected chi connectivity index (χ3v) is 2.88. The van der Waals surface area contributed by atoms with Crippen molar-refractivity contribution in [1.82, 2.24) is 9.38 Å². The summed E-state index contributed by atoms with van der Waals surface area (Å²) in [6.45, 7) is 0. The van der Waals surface area contributed by atoms with Crippen molar-refractivity contribution in [3.05, 3.63) is 25.2 Å². The van der Waals surface area contributed by atoms with E-state index in [4.69, 9.17) is 12.2 Å². The molecule has 0 fully saturated rings. The number of thiazole rings is 1. The second-order valence-electron chi connectivity index (χ2n) is 1.80. The monoisotopic (exact) mass is 202 g/mol. The summed E-state index contributed by atoms with van der Waals surface area (Å²) in [5.74, 6) is 0. The van der Waals surface area contributed by atoms with Gasteiger partial charge in [0.05, 0.1) is 0 Å². The first-order chi connectivity index (χ1) is 5.27. The molecule has 2 aromatic heterocycles. The van der Waals surface area contributed by atoms with Crippen LogP contribution in [0.5, 0.6) is 0 Å². The van der Waals surface area contributed by atoms with E-state index in [-0.39, 0.29) is 4.87 Å². The highest BCUT2D eigenvalue weighted by molar-refractivity contribution is 7.73. The molecule has 0 aliphatic rings. The molecule has 0 atom stereocenters. The van der Waals surface area contributed by atoms with Crippen LogP contribution < -0.4 is 4.87 Å². The number of fused-ring (bicyclic) bond motifs is 1. The third-order valence-electron chi connectivity index (χ3n) is 1.15. The van der Waals surface area contributed by atoms with Crippen LogP contribution in [0.4, 0.5) is 0 Å². The molecule has 6 heteroatoms. The lowest BCUT2D eigenvalue weighted by Crippen LogP contribution is -2.06. The number of aromatic nitrogens is 2. The smallest absolute Gasteiger partial charge is 0.256 e. The lowest BCUT2D eigenvalue weighted by molar-refractivity contribution is 1.13. The van der Waals surface area contributed by atoms with Crippen molar-refractivity contribution in [3.63, 3.8) is 0 Å². The molecule has 11 heavy (non-hydrogen) atoms. The molecule has 0 radical (unpaired) electrons. The average Bonchev–Trinajstić information content (AvgIpc) is 2.34. The first kappa shape index (κ1) is 7.08. The minimum absolute atomic E-state index is 0.0683. The van der Waals surface area contributed by atoms with E-state index in [1.165, 1.54) is 15.7 Å². The molecule has 2 aromatic rings. The van der Waals surface area contributed by atoms with E-state index in [2.05, 4.69) is 4.98 Å². The minimum Gasteiger partial charge on any atom is -0.256 e. The normalized spacial score (nSPS) is 10.5. The van der Waals surface area contributed by atoms with Gasteiger partial charge in [-0.2, -0.15) is 4.98 Å². The zero-order valence-electron chi connectivity index (χ0n) is 5.18. The lowest BCUT2D eigenvalue weighted by atomic mass is 10.9. The van der Waals surface area contributed by atoms with Crippen LogP contribution in [0.15, 0.2) is 16.4 Å².